The van der Waals surface area contributed by atoms with Crippen LogP contribution in [-0.4, -0.2) is 37.7 Å². The van der Waals surface area contributed by atoms with Crippen molar-refractivity contribution < 1.29 is 31.1 Å². The van der Waals surface area contributed by atoms with Crippen LogP contribution < -0.4 is 5.32 Å². The highest BCUT2D eigenvalue weighted by atomic mass is 19.4. The Morgan fingerprint density at radius 3 is 2.18 bits per heavy atom. The molecule has 0 saturated carbocycles. The van der Waals surface area contributed by atoms with Crippen LogP contribution in [0.1, 0.15) is 47.3 Å². The molecule has 9 heteroatoms. The van der Waals surface area contributed by atoms with Gasteiger partial charge in [-0.15, -0.1) is 0 Å². The average molecular weight is 472 g/mol. The van der Waals surface area contributed by atoms with Crippen molar-refractivity contribution in [2.75, 3.05) is 32.8 Å². The molecule has 2 atom stereocenters. The molecule has 1 heterocycles. The lowest BCUT2D eigenvalue weighted by molar-refractivity contribution is -0.143. The van der Waals surface area contributed by atoms with Gasteiger partial charge < -0.3 is 10.1 Å². The second-order valence-electron chi connectivity index (χ2n) is 8.72. The van der Waals surface area contributed by atoms with Crippen LogP contribution in [0.4, 0.5) is 26.3 Å². The smallest absolute Gasteiger partial charge is 0.372 e. The second-order valence-corrected chi connectivity index (χ2v) is 8.72. The molecule has 1 N–H and O–H groups in total. The zero-order chi connectivity index (χ0) is 23.9. The predicted molar refractivity (Wildman–Crippen MR) is 112 cm³/mol. The maximum Gasteiger partial charge on any atom is 0.416 e. The highest BCUT2D eigenvalue weighted by Crippen LogP contribution is 2.44. The van der Waals surface area contributed by atoms with Crippen molar-refractivity contribution in [1.82, 2.24) is 10.2 Å². The van der Waals surface area contributed by atoms with Crippen LogP contribution in [0.15, 0.2) is 42.5 Å². The molecular formula is C24H26F6N2O. The molecule has 2 aliphatic rings. The summed E-state index contributed by atoms with van der Waals surface area (Å²) in [5, 5.41) is 3.32. The van der Waals surface area contributed by atoms with E-state index >= 15 is 0 Å². The number of aryl methyl sites for hydroxylation is 1. The highest BCUT2D eigenvalue weighted by molar-refractivity contribution is 5.39. The van der Waals surface area contributed by atoms with E-state index in [-0.39, 0.29) is 18.2 Å². The van der Waals surface area contributed by atoms with Crippen LogP contribution in [0.3, 0.4) is 0 Å². The van der Waals surface area contributed by atoms with Gasteiger partial charge in [-0.05, 0) is 54.7 Å². The van der Waals surface area contributed by atoms with Crippen LogP contribution in [0.25, 0.3) is 0 Å². The number of hydrogen-bond donors (Lipinski definition) is 1. The van der Waals surface area contributed by atoms with Gasteiger partial charge in [-0.3, -0.25) is 4.90 Å². The third-order valence-corrected chi connectivity index (χ3v) is 6.70. The van der Waals surface area contributed by atoms with Crippen LogP contribution in [-0.2, 0) is 29.0 Å². The van der Waals surface area contributed by atoms with E-state index in [4.69, 9.17) is 4.74 Å². The summed E-state index contributed by atoms with van der Waals surface area (Å²) in [5.41, 5.74) is -0.929. The molecule has 4 rings (SSSR count). The first-order valence-electron chi connectivity index (χ1n) is 11.0. The van der Waals surface area contributed by atoms with Crippen molar-refractivity contribution in [3.8, 4) is 0 Å². The minimum absolute atomic E-state index is 0.140. The van der Waals surface area contributed by atoms with Crippen LogP contribution >= 0.6 is 0 Å². The molecule has 0 bridgehead atoms. The van der Waals surface area contributed by atoms with Crippen molar-refractivity contribution in [1.29, 1.82) is 0 Å². The van der Waals surface area contributed by atoms with Crippen molar-refractivity contribution in [3.05, 3.63) is 70.3 Å². The molecule has 0 spiro atoms. The average Bonchev–Trinajstić information content (AvgIpc) is 3.16. The van der Waals surface area contributed by atoms with Crippen molar-refractivity contribution in [2.24, 2.45) is 0 Å². The minimum atomic E-state index is -4.89. The lowest BCUT2D eigenvalue weighted by atomic mass is 9.89. The molecule has 1 aliphatic carbocycles. The number of rotatable bonds is 5. The molecule has 33 heavy (non-hydrogen) atoms. The molecule has 1 saturated heterocycles. The molecule has 0 aromatic heterocycles. The van der Waals surface area contributed by atoms with E-state index in [2.05, 4.69) is 16.3 Å². The first kappa shape index (κ1) is 24.0. The van der Waals surface area contributed by atoms with Gasteiger partial charge in [0.1, 0.15) is 0 Å². The Labute approximate surface area is 188 Å². The van der Waals surface area contributed by atoms with Gasteiger partial charge in [-0.2, -0.15) is 26.3 Å². The molecule has 1 fully saturated rings. The summed E-state index contributed by atoms with van der Waals surface area (Å²) in [5.74, 6) is 0. The van der Waals surface area contributed by atoms with Gasteiger partial charge in [-0.25, -0.2) is 0 Å². The third kappa shape index (κ3) is 4.90. The van der Waals surface area contributed by atoms with Gasteiger partial charge in [0.15, 0.2) is 0 Å². The Morgan fingerprint density at radius 2 is 1.58 bits per heavy atom. The number of benzene rings is 2. The van der Waals surface area contributed by atoms with Crippen molar-refractivity contribution >= 4 is 0 Å². The van der Waals surface area contributed by atoms with E-state index in [1.807, 2.05) is 18.2 Å². The highest BCUT2D eigenvalue weighted by Gasteiger charge is 2.44. The molecule has 0 unspecified atom stereocenters. The Kier molecular flexibility index (Phi) is 6.50. The van der Waals surface area contributed by atoms with Crippen LogP contribution in [0, 0.1) is 0 Å². The lowest BCUT2D eigenvalue weighted by Gasteiger charge is -2.44. The Hall–Kier alpha value is -2.10. The van der Waals surface area contributed by atoms with Crippen LogP contribution in [0.5, 0.6) is 0 Å². The molecular weight excluding hydrogens is 446 g/mol. The predicted octanol–water partition coefficient (Wildman–Crippen LogP) is 5.55. The standard InChI is InChI=1S/C24H26F6N2O/c1-16(18-12-19(23(25,26)27)14-20(13-18)24(28,29)30)33-15-22(32-10-8-31-9-11-32)7-6-17-4-2-3-5-21(17)22/h2-5,12-14,16,31H,6-11,15H2,1H3/t16-,22-/m0/s1. The number of ether oxygens (including phenoxy) is 1. The molecule has 180 valence electrons. The number of nitrogens with one attached hydrogen (secondary N) is 1. The van der Waals surface area contributed by atoms with E-state index in [1.165, 1.54) is 12.5 Å². The summed E-state index contributed by atoms with van der Waals surface area (Å²) < 4.78 is 85.7. The molecule has 1 aliphatic heterocycles. The summed E-state index contributed by atoms with van der Waals surface area (Å²) in [6.45, 7) is 4.87. The fourth-order valence-corrected chi connectivity index (χ4v) is 4.90. The fourth-order valence-electron chi connectivity index (χ4n) is 4.90. The summed E-state index contributed by atoms with van der Waals surface area (Å²) in [6.07, 6.45) is -9.08. The summed E-state index contributed by atoms with van der Waals surface area (Å²) >= 11 is 0. The minimum Gasteiger partial charge on any atom is -0.372 e. The maximum absolute atomic E-state index is 13.3. The zero-order valence-corrected chi connectivity index (χ0v) is 18.2. The normalized spacial score (nSPS) is 22.9. The van der Waals surface area contributed by atoms with Crippen molar-refractivity contribution in [2.45, 2.75) is 43.8 Å². The number of piperazine rings is 1. The second kappa shape index (κ2) is 8.92. The van der Waals surface area contributed by atoms with Crippen molar-refractivity contribution in [3.63, 3.8) is 0 Å². The number of fused-ring (bicyclic) bond motifs is 1. The third-order valence-electron chi connectivity index (χ3n) is 6.70. The monoisotopic (exact) mass is 472 g/mol. The maximum atomic E-state index is 13.3. The molecule has 3 nitrogen and oxygen atoms in total. The quantitative estimate of drug-likeness (QED) is 0.578. The number of hydrogen-bond acceptors (Lipinski definition) is 3. The largest absolute Gasteiger partial charge is 0.416 e. The molecule has 2 aromatic rings. The lowest BCUT2D eigenvalue weighted by Crippen LogP contribution is -2.55. The van der Waals surface area contributed by atoms with E-state index in [1.54, 1.807) is 0 Å². The number of halogens is 6. The number of nitrogens with zero attached hydrogens (tertiary/aromatic N) is 1. The SMILES string of the molecule is C[C@H](OC[C@@]1(N2CCNCC2)CCc2ccccc21)c1cc(C(F)(F)F)cc(C(F)(F)F)c1. The first-order chi connectivity index (χ1) is 15.5. The van der Waals surface area contributed by atoms with Gasteiger partial charge in [0, 0.05) is 26.2 Å². The summed E-state index contributed by atoms with van der Waals surface area (Å²) in [7, 11) is 0. The molecule has 2 aromatic carbocycles. The summed E-state index contributed by atoms with van der Waals surface area (Å²) in [4.78, 5) is 2.33. The van der Waals surface area contributed by atoms with Gasteiger partial charge in [0.25, 0.3) is 0 Å². The zero-order valence-electron chi connectivity index (χ0n) is 18.2. The van der Waals surface area contributed by atoms with E-state index in [0.29, 0.717) is 0 Å². The topological polar surface area (TPSA) is 24.5 Å². The van der Waals surface area contributed by atoms with E-state index < -0.39 is 35.1 Å². The van der Waals surface area contributed by atoms with Gasteiger partial charge in [-0.1, -0.05) is 24.3 Å². The molecule has 0 radical (unpaired) electrons. The Balaban J connectivity index is 1.63. The van der Waals surface area contributed by atoms with Crippen LogP contribution in [0.2, 0.25) is 0 Å². The molecule has 0 amide bonds. The first-order valence-corrected chi connectivity index (χ1v) is 11.0. The van der Waals surface area contributed by atoms with Gasteiger partial charge >= 0.3 is 12.4 Å². The summed E-state index contributed by atoms with van der Waals surface area (Å²) in [6, 6.07) is 9.67. The Bertz CT molecular complexity index is 951. The fraction of sp³-hybridized carbons (Fsp3) is 0.500. The van der Waals surface area contributed by atoms with Gasteiger partial charge in [0.2, 0.25) is 0 Å². The number of alkyl halides is 6. The van der Waals surface area contributed by atoms with E-state index in [9.17, 15) is 26.3 Å². The van der Waals surface area contributed by atoms with Gasteiger partial charge in [0.05, 0.1) is 29.4 Å². The Morgan fingerprint density at radius 1 is 0.970 bits per heavy atom. The van der Waals surface area contributed by atoms with E-state index in [0.717, 1.165) is 56.7 Å².